The van der Waals surface area contributed by atoms with Gasteiger partial charge in [0.15, 0.2) is 25.5 Å². The fourth-order valence-corrected chi connectivity index (χ4v) is 6.95. The Morgan fingerprint density at radius 1 is 1.08 bits per heavy atom. The van der Waals surface area contributed by atoms with Crippen molar-refractivity contribution < 1.29 is 16.8 Å². The topological polar surface area (TPSA) is 113 Å². The monoisotopic (exact) mass is 389 g/mol. The van der Waals surface area contributed by atoms with Gasteiger partial charge in [0.1, 0.15) is 0 Å². The minimum absolute atomic E-state index is 0.0927. The molecule has 2 unspecified atom stereocenters. The molecule has 2 aliphatic heterocycles. The molecule has 11 heteroatoms. The van der Waals surface area contributed by atoms with Gasteiger partial charge in [0.2, 0.25) is 5.95 Å². The van der Waals surface area contributed by atoms with Gasteiger partial charge >= 0.3 is 0 Å². The highest BCUT2D eigenvalue weighted by atomic mass is 32.2. The highest BCUT2D eigenvalue weighted by molar-refractivity contribution is 7.91. The molecule has 0 saturated carbocycles. The van der Waals surface area contributed by atoms with Gasteiger partial charge in [-0.05, 0) is 19.8 Å². The molecule has 0 amide bonds. The molecule has 0 N–H and O–H groups in total. The van der Waals surface area contributed by atoms with E-state index < -0.39 is 19.7 Å². The Morgan fingerprint density at radius 3 is 2.20 bits per heavy atom. The number of aromatic nitrogens is 3. The van der Waals surface area contributed by atoms with E-state index in [0.29, 0.717) is 31.2 Å². The van der Waals surface area contributed by atoms with E-state index in [1.807, 2.05) is 11.8 Å². The maximum atomic E-state index is 11.8. The highest BCUT2D eigenvalue weighted by Gasteiger charge is 2.34. The molecule has 0 aromatic carbocycles. The summed E-state index contributed by atoms with van der Waals surface area (Å²) in [5, 5.41) is 8.02. The molecule has 2 atom stereocenters. The molecule has 0 spiro atoms. The lowest BCUT2D eigenvalue weighted by Crippen LogP contribution is -2.38. The number of hydrogen-bond donors (Lipinski definition) is 0. The van der Waals surface area contributed by atoms with Crippen LogP contribution in [0.25, 0.3) is 0 Å². The van der Waals surface area contributed by atoms with Crippen molar-refractivity contribution in [3.05, 3.63) is 6.20 Å². The molecule has 1 aromatic rings. The van der Waals surface area contributed by atoms with Gasteiger partial charge in [0.25, 0.3) is 0 Å². The summed E-state index contributed by atoms with van der Waals surface area (Å²) < 4.78 is 46.9. The van der Waals surface area contributed by atoms with E-state index in [4.69, 9.17) is 0 Å². The lowest BCUT2D eigenvalue weighted by atomic mass is 10.2. The van der Waals surface area contributed by atoms with Crippen LogP contribution in [0.15, 0.2) is 6.20 Å². The van der Waals surface area contributed by atoms with Crippen molar-refractivity contribution >= 4 is 31.4 Å². The van der Waals surface area contributed by atoms with Crippen LogP contribution in [0.2, 0.25) is 0 Å². The molecule has 0 bridgehead atoms. The van der Waals surface area contributed by atoms with Crippen LogP contribution in [0.3, 0.4) is 0 Å². The third-order valence-electron chi connectivity index (χ3n) is 4.89. The normalized spacial score (nSPS) is 27.3. The fraction of sp³-hybridized carbons (Fsp3) is 0.786. The predicted molar refractivity (Wildman–Crippen MR) is 95.4 cm³/mol. The zero-order valence-electron chi connectivity index (χ0n) is 14.4. The van der Waals surface area contributed by atoms with Gasteiger partial charge in [-0.15, -0.1) is 5.10 Å². The first-order chi connectivity index (χ1) is 11.7. The Kier molecular flexibility index (Phi) is 4.89. The lowest BCUT2D eigenvalue weighted by Gasteiger charge is -2.29. The van der Waals surface area contributed by atoms with Gasteiger partial charge in [-0.25, -0.2) is 16.8 Å². The summed E-state index contributed by atoms with van der Waals surface area (Å²) in [4.78, 5) is 8.20. The fourth-order valence-electron chi connectivity index (χ4n) is 3.45. The van der Waals surface area contributed by atoms with Crippen molar-refractivity contribution in [1.29, 1.82) is 0 Å². The largest absolute Gasteiger partial charge is 0.351 e. The molecule has 3 rings (SSSR count). The minimum Gasteiger partial charge on any atom is -0.351 e. The summed E-state index contributed by atoms with van der Waals surface area (Å²) in [6, 6.07) is -0.277. The molecular weight excluding hydrogens is 366 g/mol. The summed E-state index contributed by atoms with van der Waals surface area (Å²) in [7, 11) is -4.23. The van der Waals surface area contributed by atoms with Crippen LogP contribution in [-0.4, -0.2) is 80.7 Å². The van der Waals surface area contributed by atoms with Gasteiger partial charge in [0, 0.05) is 25.7 Å². The molecule has 1 aromatic heterocycles. The molecule has 140 valence electrons. The Bertz CT molecular complexity index is 843. The number of nitrogens with zero attached hydrogens (tertiary/aromatic N) is 5. The standard InChI is InChI=1S/C14H23N5O4S2/c1-3-19(12-5-7-25(22,23)10-12)13-8-15-17-14(16-13)18(2)11-4-6-24(20,21)9-11/h8,11-12H,3-7,9-10H2,1-2H3. The number of anilines is 2. The van der Waals surface area contributed by atoms with Crippen LogP contribution >= 0.6 is 0 Å². The summed E-state index contributed by atoms with van der Waals surface area (Å²) in [6.07, 6.45) is 2.65. The van der Waals surface area contributed by atoms with Crippen molar-refractivity contribution in [2.24, 2.45) is 0 Å². The smallest absolute Gasteiger partial charge is 0.247 e. The zero-order valence-corrected chi connectivity index (χ0v) is 16.0. The quantitative estimate of drug-likeness (QED) is 0.658. The lowest BCUT2D eigenvalue weighted by molar-refractivity contribution is 0.598. The van der Waals surface area contributed by atoms with E-state index in [-0.39, 0.29) is 35.1 Å². The van der Waals surface area contributed by atoms with E-state index in [0.717, 1.165) is 0 Å². The van der Waals surface area contributed by atoms with Gasteiger partial charge in [-0.1, -0.05) is 0 Å². The number of rotatable bonds is 5. The molecule has 9 nitrogen and oxygen atoms in total. The van der Waals surface area contributed by atoms with E-state index in [9.17, 15) is 16.8 Å². The predicted octanol–water partition coefficient (Wildman–Crippen LogP) is -0.492. The first-order valence-electron chi connectivity index (χ1n) is 8.31. The number of hydrogen-bond acceptors (Lipinski definition) is 9. The zero-order chi connectivity index (χ0) is 18.2. The van der Waals surface area contributed by atoms with Crippen molar-refractivity contribution in [3.63, 3.8) is 0 Å². The van der Waals surface area contributed by atoms with E-state index in [1.165, 1.54) is 6.20 Å². The average molecular weight is 390 g/mol. The van der Waals surface area contributed by atoms with Crippen LogP contribution in [0, 0.1) is 0 Å². The highest BCUT2D eigenvalue weighted by Crippen LogP contribution is 2.25. The third kappa shape index (κ3) is 4.02. The Labute approximate surface area is 148 Å². The Morgan fingerprint density at radius 2 is 1.68 bits per heavy atom. The maximum Gasteiger partial charge on any atom is 0.247 e. The molecule has 0 radical (unpaired) electrons. The van der Waals surface area contributed by atoms with Crippen molar-refractivity contribution in [3.8, 4) is 0 Å². The minimum atomic E-state index is -3.00. The van der Waals surface area contributed by atoms with Gasteiger partial charge < -0.3 is 9.80 Å². The first kappa shape index (κ1) is 18.3. The number of sulfone groups is 2. The van der Waals surface area contributed by atoms with Crippen molar-refractivity contribution in [2.75, 3.05) is 46.4 Å². The Balaban J connectivity index is 1.81. The second-order valence-electron chi connectivity index (χ2n) is 6.63. The van der Waals surface area contributed by atoms with Crippen LogP contribution in [0.1, 0.15) is 19.8 Å². The second kappa shape index (κ2) is 6.67. The summed E-state index contributed by atoms with van der Waals surface area (Å²) >= 11 is 0. The van der Waals surface area contributed by atoms with Gasteiger partial charge in [-0.2, -0.15) is 10.1 Å². The molecule has 3 heterocycles. The summed E-state index contributed by atoms with van der Waals surface area (Å²) in [6.45, 7) is 2.56. The third-order valence-corrected chi connectivity index (χ3v) is 8.39. The first-order valence-corrected chi connectivity index (χ1v) is 11.9. The molecule has 25 heavy (non-hydrogen) atoms. The maximum absolute atomic E-state index is 11.8. The van der Waals surface area contributed by atoms with Crippen LogP contribution in [-0.2, 0) is 19.7 Å². The van der Waals surface area contributed by atoms with Crippen molar-refractivity contribution in [1.82, 2.24) is 15.2 Å². The van der Waals surface area contributed by atoms with Crippen LogP contribution in [0.5, 0.6) is 0 Å². The Hall–Kier alpha value is -1.49. The molecular formula is C14H23N5O4S2. The van der Waals surface area contributed by atoms with E-state index in [1.54, 1.807) is 11.9 Å². The summed E-state index contributed by atoms with van der Waals surface area (Å²) in [5.41, 5.74) is 0. The van der Waals surface area contributed by atoms with Gasteiger partial charge in [0.05, 0.1) is 29.2 Å². The second-order valence-corrected chi connectivity index (χ2v) is 11.1. The average Bonchev–Trinajstić information content (AvgIpc) is 3.09. The van der Waals surface area contributed by atoms with Crippen molar-refractivity contribution in [2.45, 2.75) is 31.8 Å². The molecule has 2 saturated heterocycles. The van der Waals surface area contributed by atoms with E-state index >= 15 is 0 Å². The molecule has 0 aliphatic carbocycles. The SMILES string of the molecule is CCN(c1cnnc(N(C)C2CCS(=O)(=O)C2)n1)C1CCS(=O)(=O)C1. The molecule has 2 aliphatic rings. The van der Waals surface area contributed by atoms with Crippen LogP contribution < -0.4 is 9.80 Å². The van der Waals surface area contributed by atoms with Gasteiger partial charge in [-0.3, -0.25) is 0 Å². The molecule has 2 fully saturated rings. The van der Waals surface area contributed by atoms with Crippen LogP contribution in [0.4, 0.5) is 11.8 Å². The van der Waals surface area contributed by atoms with E-state index in [2.05, 4.69) is 15.2 Å². The summed E-state index contributed by atoms with van der Waals surface area (Å²) in [5.74, 6) is 1.52.